The fourth-order valence-corrected chi connectivity index (χ4v) is 3.62. The Balaban J connectivity index is 2.08. The largest absolute Gasteiger partial charge is 0.416 e. The second kappa shape index (κ2) is 7.38. The number of halogens is 5. The van der Waals surface area contributed by atoms with Gasteiger partial charge in [0.2, 0.25) is 10.0 Å². The van der Waals surface area contributed by atoms with E-state index in [0.29, 0.717) is 22.3 Å². The van der Waals surface area contributed by atoms with E-state index in [1.165, 1.54) is 48.6 Å². The van der Waals surface area contributed by atoms with Gasteiger partial charge in [0.25, 0.3) is 0 Å². The molecule has 0 heterocycles. The minimum atomic E-state index is -4.51. The van der Waals surface area contributed by atoms with Gasteiger partial charge >= 0.3 is 6.18 Å². The highest BCUT2D eigenvalue weighted by molar-refractivity contribution is 7.89. The number of rotatable bonds is 5. The van der Waals surface area contributed by atoms with Gasteiger partial charge in [0, 0.05) is 0 Å². The Bertz CT molecular complexity index is 1070. The molecule has 0 fully saturated rings. The molecule has 3 nitrogen and oxygen atoms in total. The molecule has 29 heavy (non-hydrogen) atoms. The zero-order chi connectivity index (χ0) is 21.4. The molecule has 2 aromatic rings. The number of hydrogen-bond acceptors (Lipinski definition) is 2. The third-order valence-electron chi connectivity index (χ3n) is 4.67. The summed E-state index contributed by atoms with van der Waals surface area (Å²) >= 11 is 0. The Morgan fingerprint density at radius 1 is 0.793 bits per heavy atom. The van der Waals surface area contributed by atoms with Gasteiger partial charge in [-0.3, -0.25) is 0 Å². The van der Waals surface area contributed by atoms with Gasteiger partial charge in [-0.15, -0.1) is 0 Å². The Hall–Kier alpha value is -2.52. The van der Waals surface area contributed by atoms with Gasteiger partial charge in [-0.05, 0) is 46.5 Å². The maximum atomic E-state index is 13.6. The van der Waals surface area contributed by atoms with Crippen LogP contribution in [0.1, 0.15) is 16.7 Å². The van der Waals surface area contributed by atoms with Crippen LogP contribution in [0.2, 0.25) is 0 Å². The van der Waals surface area contributed by atoms with E-state index in [-0.39, 0.29) is 4.90 Å². The number of allylic oxidation sites excluding steroid dienone is 4. The highest BCUT2D eigenvalue weighted by Crippen LogP contribution is 2.45. The first kappa shape index (κ1) is 21.2. The molecule has 0 atom stereocenters. The monoisotopic (exact) mass is 429 g/mol. The molecular formula is C20H16F5NO2S. The SMILES string of the molecule is NS(=O)(=O)c1ccc(C2=CC(CF)(CF)C=C2c2ccc(C(F)(F)F)cc2)cc1. The van der Waals surface area contributed by atoms with E-state index in [2.05, 4.69) is 0 Å². The minimum absolute atomic E-state index is 0.137. The molecule has 0 spiro atoms. The van der Waals surface area contributed by atoms with Crippen LogP contribution in [0, 0.1) is 5.41 Å². The molecule has 9 heteroatoms. The lowest BCUT2D eigenvalue weighted by Gasteiger charge is -2.15. The van der Waals surface area contributed by atoms with Crippen molar-refractivity contribution < 1.29 is 30.4 Å². The molecule has 0 aromatic heterocycles. The third kappa shape index (κ3) is 4.25. The fraction of sp³-hybridized carbons (Fsp3) is 0.200. The normalized spacial score (nSPS) is 16.5. The molecule has 2 N–H and O–H groups in total. The van der Waals surface area contributed by atoms with Crippen LogP contribution in [-0.4, -0.2) is 21.8 Å². The molecule has 0 aliphatic heterocycles. The number of benzene rings is 2. The molecule has 0 bridgehead atoms. The van der Waals surface area contributed by atoms with E-state index in [0.717, 1.165) is 12.1 Å². The lowest BCUT2D eigenvalue weighted by Crippen LogP contribution is -2.18. The summed E-state index contributed by atoms with van der Waals surface area (Å²) in [5.74, 6) is 0. The van der Waals surface area contributed by atoms with Crippen LogP contribution < -0.4 is 5.14 Å². The van der Waals surface area contributed by atoms with Crippen molar-refractivity contribution in [3.05, 3.63) is 77.4 Å². The number of sulfonamides is 1. The average molecular weight is 429 g/mol. The molecule has 1 aliphatic rings. The molecule has 0 amide bonds. The second-order valence-electron chi connectivity index (χ2n) is 6.76. The van der Waals surface area contributed by atoms with Gasteiger partial charge < -0.3 is 0 Å². The summed E-state index contributed by atoms with van der Waals surface area (Å²) in [5.41, 5.74) is -0.828. The number of hydrogen-bond donors (Lipinski definition) is 1. The highest BCUT2D eigenvalue weighted by atomic mass is 32.2. The van der Waals surface area contributed by atoms with E-state index >= 15 is 0 Å². The first-order valence-electron chi connectivity index (χ1n) is 8.38. The lowest BCUT2D eigenvalue weighted by atomic mass is 9.93. The van der Waals surface area contributed by atoms with Crippen molar-refractivity contribution in [1.82, 2.24) is 0 Å². The van der Waals surface area contributed by atoms with Gasteiger partial charge in [-0.1, -0.05) is 36.4 Å². The van der Waals surface area contributed by atoms with Crippen molar-refractivity contribution in [3.8, 4) is 0 Å². The first-order chi connectivity index (χ1) is 13.5. The highest BCUT2D eigenvalue weighted by Gasteiger charge is 2.35. The van der Waals surface area contributed by atoms with Crippen LogP contribution in [0.15, 0.2) is 65.6 Å². The zero-order valence-electron chi connectivity index (χ0n) is 14.9. The predicted octanol–water partition coefficient (Wildman–Crippen LogP) is 4.76. The topological polar surface area (TPSA) is 60.2 Å². The zero-order valence-corrected chi connectivity index (χ0v) is 15.7. The predicted molar refractivity (Wildman–Crippen MR) is 99.6 cm³/mol. The summed E-state index contributed by atoms with van der Waals surface area (Å²) in [5, 5.41) is 5.07. The van der Waals surface area contributed by atoms with Crippen molar-refractivity contribution in [2.24, 2.45) is 10.6 Å². The third-order valence-corrected chi connectivity index (χ3v) is 5.60. The number of primary sulfonamides is 1. The van der Waals surface area contributed by atoms with Gasteiger partial charge in [0.1, 0.15) is 13.3 Å². The van der Waals surface area contributed by atoms with Crippen LogP contribution in [0.3, 0.4) is 0 Å². The molecule has 0 radical (unpaired) electrons. The van der Waals surface area contributed by atoms with Gasteiger partial charge in [0.05, 0.1) is 15.9 Å². The van der Waals surface area contributed by atoms with Gasteiger partial charge in [-0.25, -0.2) is 22.3 Å². The van der Waals surface area contributed by atoms with Crippen LogP contribution >= 0.6 is 0 Å². The summed E-state index contributed by atoms with van der Waals surface area (Å²) < 4.78 is 88.5. The maximum absolute atomic E-state index is 13.6. The summed E-state index contributed by atoms with van der Waals surface area (Å²) in [4.78, 5) is -0.137. The Morgan fingerprint density at radius 2 is 1.21 bits per heavy atom. The number of alkyl halides is 5. The second-order valence-corrected chi connectivity index (χ2v) is 8.32. The molecule has 154 valence electrons. The van der Waals surface area contributed by atoms with Crippen molar-refractivity contribution in [1.29, 1.82) is 0 Å². The quantitative estimate of drug-likeness (QED) is 0.697. The molecule has 0 saturated heterocycles. The van der Waals surface area contributed by atoms with Crippen molar-refractivity contribution in [3.63, 3.8) is 0 Å². The molecule has 2 aromatic carbocycles. The van der Waals surface area contributed by atoms with Crippen LogP contribution in [0.25, 0.3) is 11.1 Å². The van der Waals surface area contributed by atoms with Crippen molar-refractivity contribution in [2.75, 3.05) is 13.3 Å². The lowest BCUT2D eigenvalue weighted by molar-refractivity contribution is -0.137. The van der Waals surface area contributed by atoms with Crippen LogP contribution in [0.4, 0.5) is 22.0 Å². The Labute approximate surface area is 164 Å². The molecule has 1 aliphatic carbocycles. The average Bonchev–Trinajstić information content (AvgIpc) is 3.07. The van der Waals surface area contributed by atoms with Gasteiger partial charge in [-0.2, -0.15) is 13.2 Å². The smallest absolute Gasteiger partial charge is 0.250 e. The maximum Gasteiger partial charge on any atom is 0.416 e. The van der Waals surface area contributed by atoms with E-state index in [9.17, 15) is 30.4 Å². The molecule has 0 saturated carbocycles. The fourth-order valence-electron chi connectivity index (χ4n) is 3.10. The van der Waals surface area contributed by atoms with E-state index < -0.39 is 40.5 Å². The standard InChI is InChI=1S/C20H16F5NO2S/c21-11-19(12-22)9-17(13-1-5-15(6-2-13)20(23,24)25)18(10-19)14-3-7-16(8-4-14)29(26,27)28/h1-10H,11-12H2,(H2,26,27,28). The van der Waals surface area contributed by atoms with E-state index in [1.807, 2.05) is 0 Å². The van der Waals surface area contributed by atoms with Crippen LogP contribution in [-0.2, 0) is 16.2 Å². The summed E-state index contributed by atoms with van der Waals surface area (Å²) in [6.07, 6.45) is -1.79. The van der Waals surface area contributed by atoms with E-state index in [4.69, 9.17) is 5.14 Å². The Morgan fingerprint density at radius 3 is 1.55 bits per heavy atom. The van der Waals surface area contributed by atoms with E-state index in [1.54, 1.807) is 0 Å². The molecule has 3 rings (SSSR count). The molecule has 0 unspecified atom stereocenters. The summed E-state index contributed by atoms with van der Waals surface area (Å²) in [7, 11) is -3.92. The van der Waals surface area contributed by atoms with Gasteiger partial charge in [0.15, 0.2) is 0 Å². The number of nitrogens with two attached hydrogens (primary N) is 1. The van der Waals surface area contributed by atoms with Crippen molar-refractivity contribution >= 4 is 21.2 Å². The summed E-state index contributed by atoms with van der Waals surface area (Å²) in [6.45, 7) is -2.07. The van der Waals surface area contributed by atoms with Crippen LogP contribution in [0.5, 0.6) is 0 Å². The Kier molecular flexibility index (Phi) is 5.40. The van der Waals surface area contributed by atoms with Crippen molar-refractivity contribution in [2.45, 2.75) is 11.1 Å². The first-order valence-corrected chi connectivity index (χ1v) is 9.93. The molecular weight excluding hydrogens is 413 g/mol. The minimum Gasteiger partial charge on any atom is -0.250 e. The summed E-state index contributed by atoms with van der Waals surface area (Å²) in [6, 6.07) is 9.60.